The van der Waals surface area contributed by atoms with Gasteiger partial charge in [0.1, 0.15) is 5.75 Å². The average Bonchev–Trinajstić information content (AvgIpc) is 2.40. The molecule has 1 aromatic heterocycles. The molecule has 0 fully saturated rings. The Labute approximate surface area is 119 Å². The lowest BCUT2D eigenvalue weighted by Crippen LogP contribution is -2.06. The SMILES string of the molecule is CCOC(=O)c1cnc2ccc(OCC)cc2c1Br. The predicted octanol–water partition coefficient (Wildman–Crippen LogP) is 3.57. The lowest BCUT2D eigenvalue weighted by molar-refractivity contribution is 0.0525. The minimum atomic E-state index is -0.384. The predicted molar refractivity (Wildman–Crippen MR) is 76.6 cm³/mol. The van der Waals surface area contributed by atoms with Crippen LogP contribution < -0.4 is 4.74 Å². The maximum absolute atomic E-state index is 11.8. The quantitative estimate of drug-likeness (QED) is 0.807. The van der Waals surface area contributed by atoms with Gasteiger partial charge in [0.25, 0.3) is 0 Å². The molecule has 0 amide bonds. The van der Waals surface area contributed by atoms with Crippen LogP contribution in [0.5, 0.6) is 5.75 Å². The van der Waals surface area contributed by atoms with Gasteiger partial charge in [0.05, 0.1) is 24.3 Å². The van der Waals surface area contributed by atoms with E-state index in [4.69, 9.17) is 9.47 Å². The van der Waals surface area contributed by atoms with Gasteiger partial charge in [-0.1, -0.05) is 0 Å². The molecule has 2 rings (SSSR count). The van der Waals surface area contributed by atoms with Crippen LogP contribution >= 0.6 is 15.9 Å². The molecule has 0 N–H and O–H groups in total. The summed E-state index contributed by atoms with van der Waals surface area (Å²) >= 11 is 3.44. The zero-order valence-corrected chi connectivity index (χ0v) is 12.4. The smallest absolute Gasteiger partial charge is 0.340 e. The van der Waals surface area contributed by atoms with Gasteiger partial charge in [-0.2, -0.15) is 0 Å². The van der Waals surface area contributed by atoms with Crippen molar-refractivity contribution in [1.82, 2.24) is 4.98 Å². The summed E-state index contributed by atoms with van der Waals surface area (Å²) in [5.41, 5.74) is 1.21. The molecule has 0 aliphatic heterocycles. The molecule has 0 saturated heterocycles. The lowest BCUT2D eigenvalue weighted by Gasteiger charge is -2.08. The highest BCUT2D eigenvalue weighted by Crippen LogP contribution is 2.29. The molecule has 0 radical (unpaired) electrons. The van der Waals surface area contributed by atoms with E-state index in [0.29, 0.717) is 23.2 Å². The first kappa shape index (κ1) is 13.8. The Bertz CT molecular complexity index is 613. The van der Waals surface area contributed by atoms with Crippen LogP contribution in [0, 0.1) is 0 Å². The number of benzene rings is 1. The van der Waals surface area contributed by atoms with Crippen molar-refractivity contribution >= 4 is 32.8 Å². The largest absolute Gasteiger partial charge is 0.494 e. The van der Waals surface area contributed by atoms with Gasteiger partial charge in [-0.05, 0) is 48.0 Å². The summed E-state index contributed by atoms with van der Waals surface area (Å²) in [6.45, 7) is 4.62. The monoisotopic (exact) mass is 323 g/mol. The Hall–Kier alpha value is -1.62. The first-order valence-corrected chi connectivity index (χ1v) is 6.84. The zero-order chi connectivity index (χ0) is 13.8. The van der Waals surface area contributed by atoms with Gasteiger partial charge in [-0.25, -0.2) is 4.79 Å². The van der Waals surface area contributed by atoms with Crippen molar-refractivity contribution in [1.29, 1.82) is 0 Å². The molecule has 0 aliphatic rings. The number of fused-ring (bicyclic) bond motifs is 1. The molecular formula is C14H14BrNO3. The van der Waals surface area contributed by atoms with Crippen LogP contribution in [0.1, 0.15) is 24.2 Å². The molecule has 0 atom stereocenters. The maximum atomic E-state index is 11.8. The number of hydrogen-bond donors (Lipinski definition) is 0. The van der Waals surface area contributed by atoms with Crippen LogP contribution in [0.4, 0.5) is 0 Å². The fourth-order valence-corrected chi connectivity index (χ4v) is 2.33. The van der Waals surface area contributed by atoms with Gasteiger partial charge in [-0.15, -0.1) is 0 Å². The molecule has 0 spiro atoms. The molecule has 5 heteroatoms. The van der Waals surface area contributed by atoms with E-state index in [1.807, 2.05) is 25.1 Å². The highest BCUT2D eigenvalue weighted by molar-refractivity contribution is 9.10. The molecule has 0 aliphatic carbocycles. The van der Waals surface area contributed by atoms with Crippen molar-refractivity contribution in [3.8, 4) is 5.75 Å². The molecule has 1 heterocycles. The van der Waals surface area contributed by atoms with Crippen molar-refractivity contribution < 1.29 is 14.3 Å². The second-order valence-corrected chi connectivity index (χ2v) is 4.61. The normalized spacial score (nSPS) is 10.5. The van der Waals surface area contributed by atoms with E-state index in [1.54, 1.807) is 6.92 Å². The minimum Gasteiger partial charge on any atom is -0.494 e. The summed E-state index contributed by atoms with van der Waals surface area (Å²) in [5, 5.41) is 0.830. The number of ether oxygens (including phenoxy) is 2. The van der Waals surface area contributed by atoms with Crippen molar-refractivity contribution in [3.05, 3.63) is 34.4 Å². The highest BCUT2D eigenvalue weighted by atomic mass is 79.9. The number of pyridine rings is 1. The van der Waals surface area contributed by atoms with E-state index >= 15 is 0 Å². The summed E-state index contributed by atoms with van der Waals surface area (Å²) in [5.74, 6) is 0.365. The Balaban J connectivity index is 2.52. The molecule has 0 unspecified atom stereocenters. The van der Waals surface area contributed by atoms with Gasteiger partial charge in [0.15, 0.2) is 0 Å². The van der Waals surface area contributed by atoms with E-state index in [9.17, 15) is 4.79 Å². The van der Waals surface area contributed by atoms with Crippen LogP contribution in [0.25, 0.3) is 10.9 Å². The number of aromatic nitrogens is 1. The molecule has 0 bridgehead atoms. The molecule has 4 nitrogen and oxygen atoms in total. The van der Waals surface area contributed by atoms with E-state index in [2.05, 4.69) is 20.9 Å². The Morgan fingerprint density at radius 2 is 2.11 bits per heavy atom. The molecule has 2 aromatic rings. The summed E-state index contributed by atoms with van der Waals surface area (Å²) in [7, 11) is 0. The number of halogens is 1. The van der Waals surface area contributed by atoms with Gasteiger partial charge in [0.2, 0.25) is 0 Å². The molecule has 100 valence electrons. The van der Waals surface area contributed by atoms with Crippen LogP contribution in [-0.2, 0) is 4.74 Å². The third-order valence-corrected chi connectivity index (χ3v) is 3.43. The van der Waals surface area contributed by atoms with Gasteiger partial charge in [-0.3, -0.25) is 4.98 Å². The lowest BCUT2D eigenvalue weighted by atomic mass is 10.1. The standard InChI is InChI=1S/C14H14BrNO3/c1-3-18-9-5-6-12-10(7-9)13(15)11(8-16-12)14(17)19-4-2/h5-8H,3-4H2,1-2H3. The van der Waals surface area contributed by atoms with Gasteiger partial charge >= 0.3 is 5.97 Å². The second kappa shape index (κ2) is 6.02. The summed E-state index contributed by atoms with van der Waals surface area (Å²) in [4.78, 5) is 16.1. The van der Waals surface area contributed by atoms with E-state index in [-0.39, 0.29) is 5.97 Å². The number of carbonyl (C=O) groups excluding carboxylic acids is 1. The van der Waals surface area contributed by atoms with Gasteiger partial charge in [0, 0.05) is 16.1 Å². The molecule has 19 heavy (non-hydrogen) atoms. The van der Waals surface area contributed by atoms with Crippen molar-refractivity contribution in [2.24, 2.45) is 0 Å². The van der Waals surface area contributed by atoms with Crippen LogP contribution in [0.2, 0.25) is 0 Å². The first-order valence-electron chi connectivity index (χ1n) is 6.05. The van der Waals surface area contributed by atoms with E-state index in [1.165, 1.54) is 6.20 Å². The number of hydrogen-bond acceptors (Lipinski definition) is 4. The third kappa shape index (κ3) is 2.87. The van der Waals surface area contributed by atoms with E-state index in [0.717, 1.165) is 16.7 Å². The van der Waals surface area contributed by atoms with Crippen LogP contribution in [0.3, 0.4) is 0 Å². The van der Waals surface area contributed by atoms with Crippen molar-refractivity contribution in [3.63, 3.8) is 0 Å². The number of carbonyl (C=O) groups is 1. The summed E-state index contributed by atoms with van der Waals surface area (Å²) in [6, 6.07) is 5.58. The highest BCUT2D eigenvalue weighted by Gasteiger charge is 2.15. The molecule has 1 aromatic carbocycles. The van der Waals surface area contributed by atoms with Gasteiger partial charge < -0.3 is 9.47 Å². The Morgan fingerprint density at radius 3 is 2.79 bits per heavy atom. The maximum Gasteiger partial charge on any atom is 0.340 e. The molecule has 0 saturated carbocycles. The average molecular weight is 324 g/mol. The minimum absolute atomic E-state index is 0.336. The fraction of sp³-hybridized carbons (Fsp3) is 0.286. The van der Waals surface area contributed by atoms with E-state index < -0.39 is 0 Å². The van der Waals surface area contributed by atoms with Crippen molar-refractivity contribution in [2.75, 3.05) is 13.2 Å². The Morgan fingerprint density at radius 1 is 1.32 bits per heavy atom. The fourth-order valence-electron chi connectivity index (χ4n) is 1.75. The zero-order valence-electron chi connectivity index (χ0n) is 10.8. The molecular weight excluding hydrogens is 310 g/mol. The number of rotatable bonds is 4. The Kier molecular flexibility index (Phi) is 4.37. The second-order valence-electron chi connectivity index (χ2n) is 3.82. The topological polar surface area (TPSA) is 48.4 Å². The summed E-state index contributed by atoms with van der Waals surface area (Å²) < 4.78 is 11.1. The number of esters is 1. The first-order chi connectivity index (χ1) is 9.17. The van der Waals surface area contributed by atoms with Crippen LogP contribution in [0.15, 0.2) is 28.9 Å². The third-order valence-electron chi connectivity index (χ3n) is 2.58. The van der Waals surface area contributed by atoms with Crippen LogP contribution in [-0.4, -0.2) is 24.2 Å². The van der Waals surface area contributed by atoms with Crippen molar-refractivity contribution in [2.45, 2.75) is 13.8 Å². The number of nitrogens with zero attached hydrogens (tertiary/aromatic N) is 1. The summed E-state index contributed by atoms with van der Waals surface area (Å²) in [6.07, 6.45) is 1.52.